The second-order valence-corrected chi connectivity index (χ2v) is 6.89. The number of carbonyl (C=O) groups is 1. The summed E-state index contributed by atoms with van der Waals surface area (Å²) in [5.74, 6) is 1.30. The molecule has 0 aliphatic carbocycles. The van der Waals surface area contributed by atoms with Gasteiger partial charge in [0.25, 0.3) is 0 Å². The van der Waals surface area contributed by atoms with Gasteiger partial charge in [-0.1, -0.05) is 20.3 Å². The minimum Gasteiger partial charge on any atom is -0.391 e. The minimum absolute atomic E-state index is 0.185. The molecule has 1 amide bonds. The lowest BCUT2D eigenvalue weighted by molar-refractivity contribution is -0.140. The largest absolute Gasteiger partial charge is 0.391 e. The summed E-state index contributed by atoms with van der Waals surface area (Å²) in [6, 6.07) is 2.61. The van der Waals surface area contributed by atoms with Crippen LogP contribution in [0, 0.1) is 5.92 Å². The molecule has 1 aliphatic rings. The first-order valence-electron chi connectivity index (χ1n) is 9.03. The summed E-state index contributed by atoms with van der Waals surface area (Å²) in [7, 11) is 0. The van der Waals surface area contributed by atoms with Gasteiger partial charge in [-0.15, -0.1) is 0 Å². The third-order valence-corrected chi connectivity index (χ3v) is 5.04. The first-order valence-corrected chi connectivity index (χ1v) is 9.03. The topological polar surface area (TPSA) is 110 Å². The van der Waals surface area contributed by atoms with E-state index in [4.69, 9.17) is 10.7 Å². The average molecular weight is 358 g/mol. The highest BCUT2D eigenvalue weighted by Gasteiger charge is 2.39. The van der Waals surface area contributed by atoms with Gasteiger partial charge in [0.1, 0.15) is 6.04 Å². The molecule has 3 N–H and O–H groups in total. The Hall–Kier alpha value is -2.32. The normalized spacial score (nSPS) is 20.3. The van der Waals surface area contributed by atoms with E-state index < -0.39 is 12.1 Å². The predicted molar refractivity (Wildman–Crippen MR) is 96.8 cm³/mol. The standard InChI is InChI=1S/C18H26N6O2/c1-4-11(2)15-17-21-16(13-6-5-7-20-10-13)22-24(17)9-8-23(15)18(26)14(19)12(3)25/h5-7,10-12,14-15,25H,4,8-9,19H2,1-3H3/t11-,12+,14-,15-/m0/s1. The number of nitrogens with zero attached hydrogens (tertiary/aromatic N) is 5. The van der Waals surface area contributed by atoms with Gasteiger partial charge in [0.15, 0.2) is 11.6 Å². The predicted octanol–water partition coefficient (Wildman–Crippen LogP) is 0.978. The van der Waals surface area contributed by atoms with Gasteiger partial charge in [-0.05, 0) is 25.0 Å². The Morgan fingerprint density at radius 2 is 2.19 bits per heavy atom. The van der Waals surface area contributed by atoms with Crippen LogP contribution in [0.3, 0.4) is 0 Å². The van der Waals surface area contributed by atoms with E-state index in [1.165, 1.54) is 6.92 Å². The Morgan fingerprint density at radius 1 is 1.42 bits per heavy atom. The lowest BCUT2D eigenvalue weighted by Gasteiger charge is -2.39. The van der Waals surface area contributed by atoms with Crippen LogP contribution in [0.25, 0.3) is 11.4 Å². The number of rotatable bonds is 5. The van der Waals surface area contributed by atoms with Crippen LogP contribution >= 0.6 is 0 Å². The summed E-state index contributed by atoms with van der Waals surface area (Å²) in [6.07, 6.45) is 3.42. The number of aliphatic hydroxyl groups excluding tert-OH is 1. The van der Waals surface area contributed by atoms with Gasteiger partial charge in [0.05, 0.1) is 18.7 Å². The van der Waals surface area contributed by atoms with Gasteiger partial charge < -0.3 is 15.7 Å². The van der Waals surface area contributed by atoms with E-state index in [9.17, 15) is 9.90 Å². The first kappa shape index (κ1) is 18.5. The fourth-order valence-corrected chi connectivity index (χ4v) is 3.27. The quantitative estimate of drug-likeness (QED) is 0.824. The van der Waals surface area contributed by atoms with Crippen LogP contribution in [0.5, 0.6) is 0 Å². The number of carbonyl (C=O) groups excluding carboxylic acids is 1. The van der Waals surface area contributed by atoms with Gasteiger partial charge in [0.2, 0.25) is 5.91 Å². The molecule has 0 saturated heterocycles. The molecule has 8 heteroatoms. The molecule has 0 unspecified atom stereocenters. The Bertz CT molecular complexity index is 760. The Balaban J connectivity index is 1.99. The number of pyridine rings is 1. The summed E-state index contributed by atoms with van der Waals surface area (Å²) in [6.45, 7) is 6.75. The van der Waals surface area contributed by atoms with Crippen molar-refractivity contribution in [3.8, 4) is 11.4 Å². The molecule has 1 aliphatic heterocycles. The number of nitrogens with two attached hydrogens (primary N) is 1. The van der Waals surface area contributed by atoms with Crippen LogP contribution in [-0.2, 0) is 11.3 Å². The molecule has 0 saturated carbocycles. The van der Waals surface area contributed by atoms with E-state index in [1.54, 1.807) is 17.3 Å². The molecule has 3 rings (SSSR count). The summed E-state index contributed by atoms with van der Waals surface area (Å²) in [5.41, 5.74) is 6.76. The monoisotopic (exact) mass is 358 g/mol. The molecule has 8 nitrogen and oxygen atoms in total. The highest BCUT2D eigenvalue weighted by Crippen LogP contribution is 2.34. The second kappa shape index (κ2) is 7.51. The highest BCUT2D eigenvalue weighted by molar-refractivity contribution is 5.82. The van der Waals surface area contributed by atoms with E-state index in [0.29, 0.717) is 18.9 Å². The van der Waals surface area contributed by atoms with Gasteiger partial charge in [0, 0.05) is 24.5 Å². The number of amides is 1. The fourth-order valence-electron chi connectivity index (χ4n) is 3.27. The van der Waals surface area contributed by atoms with Crippen molar-refractivity contribution in [2.45, 2.75) is 51.9 Å². The van der Waals surface area contributed by atoms with Crippen LogP contribution < -0.4 is 5.73 Å². The smallest absolute Gasteiger partial charge is 0.242 e. The summed E-state index contributed by atoms with van der Waals surface area (Å²) < 4.78 is 1.87. The maximum absolute atomic E-state index is 12.8. The molecular formula is C18H26N6O2. The van der Waals surface area contributed by atoms with E-state index >= 15 is 0 Å². The number of aliphatic hydroxyl groups is 1. The molecule has 2 aromatic rings. The van der Waals surface area contributed by atoms with Crippen molar-refractivity contribution in [3.63, 3.8) is 0 Å². The molecule has 0 bridgehead atoms. The van der Waals surface area contributed by atoms with E-state index in [-0.39, 0.29) is 17.9 Å². The Morgan fingerprint density at radius 3 is 2.81 bits per heavy atom. The van der Waals surface area contributed by atoms with E-state index in [2.05, 4.69) is 23.9 Å². The molecule has 2 aromatic heterocycles. The van der Waals surface area contributed by atoms with Gasteiger partial charge in [-0.3, -0.25) is 9.78 Å². The minimum atomic E-state index is -0.936. The zero-order chi connectivity index (χ0) is 18.8. The third-order valence-electron chi connectivity index (χ3n) is 5.04. The fraction of sp³-hybridized carbons (Fsp3) is 0.556. The van der Waals surface area contributed by atoms with E-state index in [0.717, 1.165) is 17.8 Å². The SMILES string of the molecule is CC[C@H](C)[C@H]1c2nc(-c3cccnc3)nn2CCN1C(=O)[C@@H](N)[C@@H](C)O. The van der Waals surface area contributed by atoms with Crippen molar-refractivity contribution >= 4 is 5.91 Å². The maximum atomic E-state index is 12.8. The highest BCUT2D eigenvalue weighted by atomic mass is 16.3. The van der Waals surface area contributed by atoms with Crippen molar-refractivity contribution in [3.05, 3.63) is 30.4 Å². The molecule has 140 valence electrons. The maximum Gasteiger partial charge on any atom is 0.242 e. The van der Waals surface area contributed by atoms with Crippen LogP contribution in [0.4, 0.5) is 0 Å². The second-order valence-electron chi connectivity index (χ2n) is 6.89. The number of hydrogen-bond donors (Lipinski definition) is 2. The first-order chi connectivity index (χ1) is 12.4. The lowest BCUT2D eigenvalue weighted by Crippen LogP contribution is -2.54. The molecule has 26 heavy (non-hydrogen) atoms. The third kappa shape index (κ3) is 3.34. The molecule has 0 radical (unpaired) electrons. The molecule has 0 spiro atoms. The van der Waals surface area contributed by atoms with Gasteiger partial charge in [-0.25, -0.2) is 9.67 Å². The molecule has 0 aromatic carbocycles. The summed E-state index contributed by atoms with van der Waals surface area (Å²) >= 11 is 0. The zero-order valence-electron chi connectivity index (χ0n) is 15.4. The van der Waals surface area contributed by atoms with Crippen molar-refractivity contribution < 1.29 is 9.90 Å². The Labute approximate surface area is 153 Å². The molecule has 0 fully saturated rings. The molecule has 3 heterocycles. The van der Waals surface area contributed by atoms with Crippen molar-refractivity contribution in [1.82, 2.24) is 24.6 Å². The van der Waals surface area contributed by atoms with Gasteiger partial charge >= 0.3 is 0 Å². The van der Waals surface area contributed by atoms with Crippen LogP contribution in [0.1, 0.15) is 39.1 Å². The van der Waals surface area contributed by atoms with Crippen LogP contribution in [0.15, 0.2) is 24.5 Å². The van der Waals surface area contributed by atoms with E-state index in [1.807, 2.05) is 16.8 Å². The summed E-state index contributed by atoms with van der Waals surface area (Å²) in [5, 5.41) is 14.3. The number of fused-ring (bicyclic) bond motifs is 1. The van der Waals surface area contributed by atoms with Gasteiger partial charge in [-0.2, -0.15) is 5.10 Å². The van der Waals surface area contributed by atoms with Crippen molar-refractivity contribution in [2.24, 2.45) is 11.7 Å². The zero-order valence-corrected chi connectivity index (χ0v) is 15.4. The van der Waals surface area contributed by atoms with Crippen molar-refractivity contribution in [2.75, 3.05) is 6.54 Å². The van der Waals surface area contributed by atoms with Crippen molar-refractivity contribution in [1.29, 1.82) is 0 Å². The molecule has 4 atom stereocenters. The Kier molecular flexibility index (Phi) is 5.33. The number of aromatic nitrogens is 4. The van der Waals surface area contributed by atoms with Crippen LogP contribution in [0.2, 0.25) is 0 Å². The average Bonchev–Trinajstić information content (AvgIpc) is 3.10. The van der Waals surface area contributed by atoms with Crippen LogP contribution in [-0.4, -0.2) is 54.4 Å². The number of hydrogen-bond acceptors (Lipinski definition) is 6. The lowest BCUT2D eigenvalue weighted by atomic mass is 9.94. The summed E-state index contributed by atoms with van der Waals surface area (Å²) in [4.78, 5) is 23.4. The molecular weight excluding hydrogens is 332 g/mol.